The summed E-state index contributed by atoms with van der Waals surface area (Å²) < 4.78 is 0. The quantitative estimate of drug-likeness (QED) is 0.635. The minimum absolute atomic E-state index is 0.618. The lowest BCUT2D eigenvalue weighted by atomic mass is 10.3. The molecule has 6 heteroatoms. The topological polar surface area (TPSA) is 108 Å². The van der Waals surface area contributed by atoms with E-state index >= 15 is 0 Å². The van der Waals surface area contributed by atoms with E-state index in [-0.39, 0.29) is 0 Å². The fraction of sp³-hybridized carbons (Fsp3) is 0. The van der Waals surface area contributed by atoms with Gasteiger partial charge in [0.1, 0.15) is 0 Å². The Kier molecular flexibility index (Phi) is 8.67. The highest BCUT2D eigenvalue weighted by Crippen LogP contribution is 2.15. The van der Waals surface area contributed by atoms with Crippen LogP contribution in [0.25, 0.3) is 0 Å². The van der Waals surface area contributed by atoms with E-state index in [1.807, 2.05) is 30.3 Å². The van der Waals surface area contributed by atoms with Gasteiger partial charge in [0.25, 0.3) is 0 Å². The highest BCUT2D eigenvalue weighted by molar-refractivity contribution is 6.33. The minimum Gasteiger partial charge on any atom is -0.398 e. The number of nitrogens with zero attached hydrogens (tertiary/aromatic N) is 1. The van der Waals surface area contributed by atoms with Crippen molar-refractivity contribution in [1.29, 1.82) is 0 Å². The molecule has 2 rings (SSSR count). The zero-order valence-electron chi connectivity index (χ0n) is 9.66. The molecule has 0 saturated carbocycles. The molecule has 0 unspecified atom stereocenters. The monoisotopic (exact) mass is 266 g/mol. The third kappa shape index (κ3) is 10.3. The van der Waals surface area contributed by atoms with Gasteiger partial charge in [0.05, 0.1) is 10.7 Å². The van der Waals surface area contributed by atoms with Crippen LogP contribution >= 0.6 is 11.6 Å². The molecule has 0 atom stereocenters. The Bertz CT molecular complexity index is 399. The molecule has 0 radical (unpaired) electrons. The number of rotatable bonds is 0. The summed E-state index contributed by atoms with van der Waals surface area (Å²) in [4.78, 5) is 12.8. The molecule has 0 aliphatic carbocycles. The fourth-order valence-electron chi connectivity index (χ4n) is 0.788. The standard InChI is InChI=1S/C6H6ClN.C5H5N.CH4N2O/c7-5-3-1-2-4-6(5)8;1-2-4-6-5-3-1;2-1(3)4/h1-4H,8H2;1-5H;(H4,2,3,4). The van der Waals surface area contributed by atoms with Crippen molar-refractivity contribution >= 4 is 23.3 Å². The molecule has 96 valence electrons. The number of aromatic nitrogens is 1. The molecule has 18 heavy (non-hydrogen) atoms. The van der Waals surface area contributed by atoms with E-state index in [9.17, 15) is 0 Å². The molecule has 1 heterocycles. The summed E-state index contributed by atoms with van der Waals surface area (Å²) in [7, 11) is 0. The first-order valence-electron chi connectivity index (χ1n) is 4.94. The van der Waals surface area contributed by atoms with Crippen LogP contribution in [0, 0.1) is 0 Å². The van der Waals surface area contributed by atoms with E-state index in [1.165, 1.54) is 0 Å². The molecule has 0 spiro atoms. The number of amides is 2. The van der Waals surface area contributed by atoms with Gasteiger partial charge in [0.2, 0.25) is 0 Å². The number of pyridine rings is 1. The number of carbonyl (C=O) groups excluding carboxylic acids is 1. The number of nitrogen functional groups attached to an aromatic ring is 1. The van der Waals surface area contributed by atoms with E-state index < -0.39 is 6.03 Å². The number of hydrogen-bond acceptors (Lipinski definition) is 3. The van der Waals surface area contributed by atoms with Crippen LogP contribution in [-0.2, 0) is 0 Å². The number of anilines is 1. The van der Waals surface area contributed by atoms with Crippen molar-refractivity contribution in [3.05, 3.63) is 59.9 Å². The molecule has 0 saturated heterocycles. The highest BCUT2D eigenvalue weighted by Gasteiger charge is 1.87. The van der Waals surface area contributed by atoms with Crippen LogP contribution in [0.5, 0.6) is 0 Å². The molecule has 5 nitrogen and oxygen atoms in total. The summed E-state index contributed by atoms with van der Waals surface area (Å²) in [6, 6.07) is 12.1. The number of halogens is 1. The number of primary amides is 2. The Hall–Kier alpha value is -2.27. The Labute approximate surface area is 111 Å². The molecule has 1 aromatic heterocycles. The zero-order valence-corrected chi connectivity index (χ0v) is 10.4. The Morgan fingerprint density at radius 3 is 1.72 bits per heavy atom. The van der Waals surface area contributed by atoms with Crippen LogP contribution < -0.4 is 17.2 Å². The van der Waals surface area contributed by atoms with Crippen molar-refractivity contribution in [1.82, 2.24) is 4.98 Å². The third-order valence-electron chi connectivity index (χ3n) is 1.47. The molecule has 6 N–H and O–H groups in total. The highest BCUT2D eigenvalue weighted by atomic mass is 35.5. The van der Waals surface area contributed by atoms with E-state index in [0.29, 0.717) is 10.7 Å². The van der Waals surface area contributed by atoms with Crippen LogP contribution in [0.1, 0.15) is 0 Å². The number of urea groups is 1. The van der Waals surface area contributed by atoms with Gasteiger partial charge in [0, 0.05) is 12.4 Å². The molecule has 2 aromatic rings. The van der Waals surface area contributed by atoms with Gasteiger partial charge in [0.15, 0.2) is 0 Å². The van der Waals surface area contributed by atoms with Crippen LogP contribution in [0.15, 0.2) is 54.9 Å². The second kappa shape index (κ2) is 9.92. The molecule has 0 fully saturated rings. The Morgan fingerprint density at radius 1 is 1.00 bits per heavy atom. The number of carbonyl (C=O) groups is 1. The van der Waals surface area contributed by atoms with Gasteiger partial charge in [-0.25, -0.2) is 4.79 Å². The van der Waals surface area contributed by atoms with Gasteiger partial charge in [-0.2, -0.15) is 0 Å². The lowest BCUT2D eigenvalue weighted by Crippen LogP contribution is -2.18. The van der Waals surface area contributed by atoms with E-state index in [4.69, 9.17) is 22.1 Å². The smallest absolute Gasteiger partial charge is 0.309 e. The van der Waals surface area contributed by atoms with Gasteiger partial charge in [-0.15, -0.1) is 0 Å². The second-order valence-electron chi connectivity index (χ2n) is 2.95. The van der Waals surface area contributed by atoms with E-state index in [1.54, 1.807) is 24.5 Å². The van der Waals surface area contributed by atoms with Crippen molar-refractivity contribution < 1.29 is 4.79 Å². The largest absolute Gasteiger partial charge is 0.398 e. The summed E-state index contributed by atoms with van der Waals surface area (Å²) in [6.07, 6.45) is 3.50. The average molecular weight is 267 g/mol. The van der Waals surface area contributed by atoms with Crippen molar-refractivity contribution in [3.8, 4) is 0 Å². The summed E-state index contributed by atoms with van der Waals surface area (Å²) in [5, 5.41) is 0.618. The van der Waals surface area contributed by atoms with Crippen LogP contribution in [-0.4, -0.2) is 11.0 Å². The van der Waals surface area contributed by atoms with Gasteiger partial charge in [-0.1, -0.05) is 29.8 Å². The molecule has 0 aliphatic rings. The van der Waals surface area contributed by atoms with Crippen molar-refractivity contribution in [3.63, 3.8) is 0 Å². The Balaban J connectivity index is 0.000000257. The summed E-state index contributed by atoms with van der Waals surface area (Å²) >= 11 is 5.58. The van der Waals surface area contributed by atoms with Gasteiger partial charge >= 0.3 is 6.03 Å². The molecule has 0 bridgehead atoms. The van der Waals surface area contributed by atoms with Gasteiger partial charge < -0.3 is 17.2 Å². The predicted octanol–water partition coefficient (Wildman–Crippen LogP) is 2.03. The molecule has 1 aromatic carbocycles. The maximum absolute atomic E-state index is 9.00. The second-order valence-corrected chi connectivity index (χ2v) is 3.36. The maximum atomic E-state index is 9.00. The Morgan fingerprint density at radius 2 is 1.50 bits per heavy atom. The molecule has 0 aliphatic heterocycles. The van der Waals surface area contributed by atoms with Crippen LogP contribution in [0.4, 0.5) is 10.5 Å². The summed E-state index contributed by atoms with van der Waals surface area (Å²) in [5.41, 5.74) is 14.5. The molecular weight excluding hydrogens is 252 g/mol. The SMILES string of the molecule is NC(N)=O.Nc1ccccc1Cl.c1ccncc1. The number of benzene rings is 1. The third-order valence-corrected chi connectivity index (χ3v) is 1.82. The van der Waals surface area contributed by atoms with E-state index in [0.717, 1.165) is 0 Å². The zero-order chi connectivity index (χ0) is 13.8. The predicted molar refractivity (Wildman–Crippen MR) is 73.9 cm³/mol. The molecule has 2 amide bonds. The van der Waals surface area contributed by atoms with Crippen molar-refractivity contribution in [2.45, 2.75) is 0 Å². The first-order chi connectivity index (χ1) is 8.54. The lowest BCUT2D eigenvalue weighted by Gasteiger charge is -1.91. The first kappa shape index (κ1) is 15.7. The fourth-order valence-corrected chi connectivity index (χ4v) is 0.923. The van der Waals surface area contributed by atoms with Crippen molar-refractivity contribution in [2.24, 2.45) is 11.5 Å². The van der Waals surface area contributed by atoms with E-state index in [2.05, 4.69) is 16.5 Å². The van der Waals surface area contributed by atoms with Gasteiger partial charge in [-0.05, 0) is 24.3 Å². The minimum atomic E-state index is -0.833. The van der Waals surface area contributed by atoms with Gasteiger partial charge in [-0.3, -0.25) is 4.98 Å². The first-order valence-corrected chi connectivity index (χ1v) is 5.31. The number of hydrogen-bond donors (Lipinski definition) is 3. The lowest BCUT2D eigenvalue weighted by molar-refractivity contribution is 0.256. The van der Waals surface area contributed by atoms with Crippen molar-refractivity contribution in [2.75, 3.05) is 5.73 Å². The normalized spacial score (nSPS) is 8.06. The van der Waals surface area contributed by atoms with Crippen LogP contribution in [0.2, 0.25) is 5.02 Å². The summed E-state index contributed by atoms with van der Waals surface area (Å²) in [6.45, 7) is 0. The maximum Gasteiger partial charge on any atom is 0.309 e. The number of para-hydroxylation sites is 1. The van der Waals surface area contributed by atoms with Crippen LogP contribution in [0.3, 0.4) is 0 Å². The average Bonchev–Trinajstić information content (AvgIpc) is 2.35. The summed E-state index contributed by atoms with van der Waals surface area (Å²) in [5.74, 6) is 0. The molecular formula is C12H15ClN4O. The number of nitrogens with two attached hydrogens (primary N) is 3.